The lowest BCUT2D eigenvalue weighted by Crippen LogP contribution is -2.37. The molecule has 144 valence electrons. The van der Waals surface area contributed by atoms with Gasteiger partial charge in [0.05, 0.1) is 6.04 Å². The minimum absolute atomic E-state index is 0.195. The number of nitriles is 1. The maximum atomic E-state index is 12.4. The second-order valence-corrected chi connectivity index (χ2v) is 7.70. The third-order valence-electron chi connectivity index (χ3n) is 4.97. The highest BCUT2D eigenvalue weighted by Crippen LogP contribution is 2.26. The number of carbonyl (C=O) groups is 2. The van der Waals surface area contributed by atoms with Gasteiger partial charge in [0.1, 0.15) is 5.40 Å². The first-order valence-corrected chi connectivity index (χ1v) is 10.3. The number of thioether (sulfide) groups is 1. The smallest absolute Gasteiger partial charge is 0.313 e. The molecule has 3 rings (SSSR count). The number of carbonyl (C=O) groups excluding carboxylic acids is 2. The van der Waals surface area contributed by atoms with E-state index in [1.165, 1.54) is 24.0 Å². The minimum Gasteiger partial charge on any atom is -0.341 e. The first-order chi connectivity index (χ1) is 13.6. The first-order valence-electron chi connectivity index (χ1n) is 9.50. The Morgan fingerprint density at radius 3 is 2.46 bits per heavy atom. The molecule has 1 aliphatic carbocycles. The average molecular weight is 394 g/mol. The molecule has 0 bridgehead atoms. The summed E-state index contributed by atoms with van der Waals surface area (Å²) in [6.45, 7) is 1.99. The van der Waals surface area contributed by atoms with Gasteiger partial charge in [0.2, 0.25) is 0 Å². The summed E-state index contributed by atoms with van der Waals surface area (Å²) >= 11 is 1.04. The maximum Gasteiger partial charge on any atom is 0.313 e. The van der Waals surface area contributed by atoms with Gasteiger partial charge in [-0.15, -0.1) is 0 Å². The van der Waals surface area contributed by atoms with E-state index in [2.05, 4.69) is 28.8 Å². The highest BCUT2D eigenvalue weighted by Gasteiger charge is 2.20. The second kappa shape index (κ2) is 9.43. The number of benzene rings is 2. The first kappa shape index (κ1) is 20.0. The van der Waals surface area contributed by atoms with Gasteiger partial charge in [0.25, 0.3) is 0 Å². The third-order valence-corrected chi connectivity index (χ3v) is 5.57. The van der Waals surface area contributed by atoms with Crippen molar-refractivity contribution in [3.63, 3.8) is 0 Å². The van der Waals surface area contributed by atoms with E-state index in [9.17, 15) is 9.59 Å². The van der Waals surface area contributed by atoms with Crippen LogP contribution in [0.15, 0.2) is 47.4 Å². The molecule has 6 heteroatoms. The van der Waals surface area contributed by atoms with Gasteiger partial charge >= 0.3 is 11.8 Å². The lowest BCUT2D eigenvalue weighted by atomic mass is 9.89. The van der Waals surface area contributed by atoms with Crippen LogP contribution in [0, 0.1) is 10.7 Å². The van der Waals surface area contributed by atoms with E-state index in [1.807, 2.05) is 12.3 Å². The highest BCUT2D eigenvalue weighted by molar-refractivity contribution is 8.03. The number of fused-ring (bicyclic) bond motifs is 1. The Labute approximate surface area is 169 Å². The molecule has 2 N–H and O–H groups in total. The number of anilines is 1. The number of aryl methyl sites for hydroxylation is 2. The molecule has 0 aliphatic heterocycles. The van der Waals surface area contributed by atoms with Crippen molar-refractivity contribution >= 4 is 29.3 Å². The van der Waals surface area contributed by atoms with Gasteiger partial charge in [-0.1, -0.05) is 25.1 Å². The lowest BCUT2D eigenvalue weighted by molar-refractivity contribution is -0.136. The van der Waals surface area contributed by atoms with Crippen LogP contribution in [0.3, 0.4) is 0 Å². The number of thiocyanates is 1. The zero-order valence-electron chi connectivity index (χ0n) is 15.8. The van der Waals surface area contributed by atoms with Crippen LogP contribution in [0.2, 0.25) is 0 Å². The van der Waals surface area contributed by atoms with Gasteiger partial charge in [-0.05, 0) is 84.8 Å². The number of amides is 2. The predicted octanol–water partition coefficient (Wildman–Crippen LogP) is 4.34. The van der Waals surface area contributed by atoms with Gasteiger partial charge < -0.3 is 10.6 Å². The maximum absolute atomic E-state index is 12.4. The van der Waals surface area contributed by atoms with Crippen LogP contribution in [-0.4, -0.2) is 11.8 Å². The van der Waals surface area contributed by atoms with Crippen molar-refractivity contribution in [3.8, 4) is 5.40 Å². The predicted molar refractivity (Wildman–Crippen MR) is 111 cm³/mol. The Balaban J connectivity index is 1.63. The molecule has 1 aliphatic rings. The molecular formula is C22H23N3O2S. The summed E-state index contributed by atoms with van der Waals surface area (Å²) in [6.07, 6.45) is 5.34. The number of nitrogens with zero attached hydrogens (tertiary/aromatic N) is 1. The lowest BCUT2D eigenvalue weighted by Gasteiger charge is -2.21. The fourth-order valence-electron chi connectivity index (χ4n) is 3.46. The largest absolute Gasteiger partial charge is 0.341 e. The molecule has 2 aromatic carbocycles. The monoisotopic (exact) mass is 393 g/mol. The van der Waals surface area contributed by atoms with E-state index < -0.39 is 11.8 Å². The molecule has 1 atom stereocenters. The van der Waals surface area contributed by atoms with Crippen molar-refractivity contribution in [3.05, 3.63) is 59.2 Å². The molecule has 0 radical (unpaired) electrons. The Bertz CT molecular complexity index is 903. The van der Waals surface area contributed by atoms with E-state index in [1.54, 1.807) is 24.3 Å². The SMILES string of the molecule is CCC(NC(=O)C(=O)Nc1ccc(SC#N)cc1)c1ccc2c(c1)CCCC2. The fourth-order valence-corrected chi connectivity index (χ4v) is 3.84. The van der Waals surface area contributed by atoms with Crippen LogP contribution in [0.25, 0.3) is 0 Å². The molecule has 0 heterocycles. The van der Waals surface area contributed by atoms with Crippen molar-refractivity contribution in [2.24, 2.45) is 0 Å². The summed E-state index contributed by atoms with van der Waals surface area (Å²) in [5.74, 6) is -1.35. The van der Waals surface area contributed by atoms with Gasteiger partial charge in [0, 0.05) is 10.6 Å². The van der Waals surface area contributed by atoms with Gasteiger partial charge in [-0.2, -0.15) is 5.26 Å². The topological polar surface area (TPSA) is 82.0 Å². The van der Waals surface area contributed by atoms with Gasteiger partial charge in [-0.25, -0.2) is 0 Å². The molecule has 0 aromatic heterocycles. The van der Waals surface area contributed by atoms with Crippen LogP contribution in [-0.2, 0) is 22.4 Å². The number of rotatable bonds is 5. The summed E-state index contributed by atoms with van der Waals surface area (Å²) in [6, 6.07) is 13.0. The minimum atomic E-state index is -0.697. The molecular weight excluding hydrogens is 370 g/mol. The molecule has 2 aromatic rings. The number of hydrogen-bond donors (Lipinski definition) is 2. The van der Waals surface area contributed by atoms with E-state index in [0.717, 1.165) is 35.1 Å². The molecule has 2 amide bonds. The molecule has 28 heavy (non-hydrogen) atoms. The van der Waals surface area contributed by atoms with E-state index in [0.29, 0.717) is 12.1 Å². The highest BCUT2D eigenvalue weighted by atomic mass is 32.2. The molecule has 0 spiro atoms. The summed E-state index contributed by atoms with van der Waals surface area (Å²) < 4.78 is 0. The summed E-state index contributed by atoms with van der Waals surface area (Å²) in [5.41, 5.74) is 4.31. The zero-order chi connectivity index (χ0) is 19.9. The summed E-state index contributed by atoms with van der Waals surface area (Å²) in [7, 11) is 0. The zero-order valence-corrected chi connectivity index (χ0v) is 16.6. The standard InChI is InChI=1S/C22H23N3O2S/c1-2-20(17-8-7-15-5-3-4-6-16(15)13-17)25-22(27)21(26)24-18-9-11-19(12-10-18)28-14-23/h7-13,20H,2-6H2,1H3,(H,24,26)(H,25,27). The van der Waals surface area contributed by atoms with Crippen molar-refractivity contribution in [2.75, 3.05) is 5.32 Å². The number of nitrogens with one attached hydrogen (secondary N) is 2. The van der Waals surface area contributed by atoms with Crippen LogP contribution >= 0.6 is 11.8 Å². The Morgan fingerprint density at radius 2 is 1.79 bits per heavy atom. The Morgan fingerprint density at radius 1 is 1.07 bits per heavy atom. The Hall–Kier alpha value is -2.78. The van der Waals surface area contributed by atoms with Crippen LogP contribution in [0.1, 0.15) is 48.9 Å². The number of hydrogen-bond acceptors (Lipinski definition) is 4. The molecule has 1 unspecified atom stereocenters. The fraction of sp³-hybridized carbons (Fsp3) is 0.318. The van der Waals surface area contributed by atoms with Crippen LogP contribution < -0.4 is 10.6 Å². The van der Waals surface area contributed by atoms with Gasteiger partial charge in [-0.3, -0.25) is 9.59 Å². The van der Waals surface area contributed by atoms with E-state index in [4.69, 9.17) is 5.26 Å². The van der Waals surface area contributed by atoms with Crippen molar-refractivity contribution in [1.82, 2.24) is 5.32 Å². The van der Waals surface area contributed by atoms with Crippen LogP contribution in [0.4, 0.5) is 5.69 Å². The van der Waals surface area contributed by atoms with Crippen LogP contribution in [0.5, 0.6) is 0 Å². The second-order valence-electron chi connectivity index (χ2n) is 6.84. The van der Waals surface area contributed by atoms with Crippen molar-refractivity contribution in [2.45, 2.75) is 50.0 Å². The Kier molecular flexibility index (Phi) is 6.72. The molecule has 0 saturated carbocycles. The van der Waals surface area contributed by atoms with Gasteiger partial charge in [0.15, 0.2) is 0 Å². The van der Waals surface area contributed by atoms with Crippen molar-refractivity contribution < 1.29 is 9.59 Å². The quantitative estimate of drug-likeness (QED) is 0.450. The summed E-state index contributed by atoms with van der Waals surface area (Å²) in [5, 5.41) is 16.1. The normalized spacial score (nSPS) is 13.7. The average Bonchev–Trinajstić information content (AvgIpc) is 2.73. The molecule has 0 saturated heterocycles. The third kappa shape index (κ3) is 4.93. The van der Waals surface area contributed by atoms with E-state index in [-0.39, 0.29) is 6.04 Å². The molecule has 5 nitrogen and oxygen atoms in total. The summed E-state index contributed by atoms with van der Waals surface area (Å²) in [4.78, 5) is 25.4. The van der Waals surface area contributed by atoms with Crippen molar-refractivity contribution in [1.29, 1.82) is 5.26 Å². The molecule has 0 fully saturated rings. The van der Waals surface area contributed by atoms with E-state index >= 15 is 0 Å².